The predicted octanol–water partition coefficient (Wildman–Crippen LogP) is 3.05. The van der Waals surface area contributed by atoms with Crippen molar-refractivity contribution in [3.8, 4) is 11.5 Å². The van der Waals surface area contributed by atoms with E-state index in [-0.39, 0.29) is 36.7 Å². The Balaban J connectivity index is 1.46. The van der Waals surface area contributed by atoms with Crippen LogP contribution in [-0.2, 0) is 4.79 Å². The number of nitrogens with zero attached hydrogens (tertiary/aromatic N) is 2. The molecule has 0 unspecified atom stereocenters. The third kappa shape index (κ3) is 3.40. The smallest absolute Gasteiger partial charge is 0.261 e. The van der Waals surface area contributed by atoms with Gasteiger partial charge < -0.3 is 14.4 Å². The van der Waals surface area contributed by atoms with Gasteiger partial charge in [0.1, 0.15) is 11.5 Å². The van der Waals surface area contributed by atoms with Crippen LogP contribution >= 0.6 is 0 Å². The van der Waals surface area contributed by atoms with E-state index in [4.69, 9.17) is 9.47 Å². The molecular formula is C23H24N2O5. The van der Waals surface area contributed by atoms with Gasteiger partial charge in [-0.2, -0.15) is 0 Å². The second-order valence-electron chi connectivity index (χ2n) is 7.41. The second-order valence-corrected chi connectivity index (χ2v) is 7.41. The van der Waals surface area contributed by atoms with Gasteiger partial charge in [-0.1, -0.05) is 12.1 Å². The Hall–Kier alpha value is -3.35. The van der Waals surface area contributed by atoms with E-state index in [0.717, 1.165) is 18.4 Å². The molecule has 2 aromatic carbocycles. The Morgan fingerprint density at radius 3 is 2.37 bits per heavy atom. The summed E-state index contributed by atoms with van der Waals surface area (Å²) < 4.78 is 10.8. The molecule has 0 saturated carbocycles. The maximum atomic E-state index is 13.0. The lowest BCUT2D eigenvalue weighted by Crippen LogP contribution is -2.36. The van der Waals surface area contributed by atoms with Gasteiger partial charge in [0.05, 0.1) is 31.4 Å². The lowest BCUT2D eigenvalue weighted by atomic mass is 10.0. The molecule has 30 heavy (non-hydrogen) atoms. The topological polar surface area (TPSA) is 76.2 Å². The summed E-state index contributed by atoms with van der Waals surface area (Å²) >= 11 is 0. The fourth-order valence-corrected chi connectivity index (χ4v) is 4.28. The molecule has 7 nitrogen and oxygen atoms in total. The molecule has 0 bridgehead atoms. The average Bonchev–Trinajstić information content (AvgIpc) is 3.36. The summed E-state index contributed by atoms with van der Waals surface area (Å²) in [5.74, 6) is 0.625. The molecule has 2 aromatic rings. The fourth-order valence-electron chi connectivity index (χ4n) is 4.28. The molecule has 0 spiro atoms. The van der Waals surface area contributed by atoms with Crippen LogP contribution in [0.1, 0.15) is 51.6 Å². The van der Waals surface area contributed by atoms with Crippen molar-refractivity contribution < 1.29 is 23.9 Å². The van der Waals surface area contributed by atoms with Crippen molar-refractivity contribution in [3.63, 3.8) is 0 Å². The van der Waals surface area contributed by atoms with Gasteiger partial charge >= 0.3 is 0 Å². The van der Waals surface area contributed by atoms with Gasteiger partial charge in [-0.05, 0) is 37.1 Å². The molecule has 3 amide bonds. The zero-order chi connectivity index (χ0) is 21.3. The summed E-state index contributed by atoms with van der Waals surface area (Å²) in [6.45, 7) is 0.717. The van der Waals surface area contributed by atoms with Crippen LogP contribution in [0.25, 0.3) is 0 Å². The van der Waals surface area contributed by atoms with Crippen LogP contribution in [-0.4, -0.2) is 54.8 Å². The van der Waals surface area contributed by atoms with Crippen LogP contribution in [0.5, 0.6) is 11.5 Å². The van der Waals surface area contributed by atoms with Crippen LogP contribution in [0.15, 0.2) is 42.5 Å². The van der Waals surface area contributed by atoms with E-state index in [0.29, 0.717) is 29.2 Å². The number of benzene rings is 2. The number of fused-ring (bicyclic) bond motifs is 1. The number of methoxy groups -OCH3 is 2. The van der Waals surface area contributed by atoms with E-state index in [1.807, 2.05) is 23.1 Å². The molecule has 0 N–H and O–H groups in total. The van der Waals surface area contributed by atoms with Crippen molar-refractivity contribution in [2.24, 2.45) is 0 Å². The number of amides is 3. The van der Waals surface area contributed by atoms with Crippen LogP contribution < -0.4 is 9.47 Å². The highest BCUT2D eigenvalue weighted by Gasteiger charge is 2.37. The summed E-state index contributed by atoms with van der Waals surface area (Å²) in [5, 5.41) is 0. The molecule has 2 heterocycles. The molecule has 2 aliphatic heterocycles. The average molecular weight is 408 g/mol. The Morgan fingerprint density at radius 1 is 1.03 bits per heavy atom. The molecule has 1 atom stereocenters. The molecule has 0 aromatic heterocycles. The molecule has 7 heteroatoms. The summed E-state index contributed by atoms with van der Waals surface area (Å²) in [5.41, 5.74) is 1.74. The van der Waals surface area contributed by atoms with Crippen molar-refractivity contribution in [1.29, 1.82) is 0 Å². The summed E-state index contributed by atoms with van der Waals surface area (Å²) in [7, 11) is 3.20. The van der Waals surface area contributed by atoms with Crippen LogP contribution in [0, 0.1) is 0 Å². The summed E-state index contributed by atoms with van der Waals surface area (Å²) in [6, 6.07) is 12.3. The first-order chi connectivity index (χ1) is 14.5. The third-order valence-corrected chi connectivity index (χ3v) is 5.80. The summed E-state index contributed by atoms with van der Waals surface area (Å²) in [4.78, 5) is 41.0. The number of rotatable bonds is 6. The standard InChI is InChI=1S/C23H24N2O5/c1-29-15-9-10-18(20(14-15)30-2)19-8-5-12-24(19)21(26)11-13-25-22(27)16-6-3-4-7-17(16)23(25)28/h3-4,6-7,9-10,14,19H,5,8,11-13H2,1-2H3/t19-/m1/s1. The minimum absolute atomic E-state index is 0.0769. The molecule has 1 saturated heterocycles. The minimum Gasteiger partial charge on any atom is -0.497 e. The van der Waals surface area contributed by atoms with E-state index < -0.39 is 0 Å². The number of ether oxygens (including phenoxy) is 2. The van der Waals surface area contributed by atoms with Gasteiger partial charge in [-0.3, -0.25) is 19.3 Å². The largest absolute Gasteiger partial charge is 0.497 e. The van der Waals surface area contributed by atoms with Gasteiger partial charge in [0, 0.05) is 31.1 Å². The maximum Gasteiger partial charge on any atom is 0.261 e. The van der Waals surface area contributed by atoms with Gasteiger partial charge in [0.2, 0.25) is 5.91 Å². The number of imide groups is 1. The molecule has 2 aliphatic rings. The highest BCUT2D eigenvalue weighted by molar-refractivity contribution is 6.21. The number of carbonyl (C=O) groups is 3. The first-order valence-electron chi connectivity index (χ1n) is 10.0. The van der Waals surface area contributed by atoms with Gasteiger partial charge in [0.25, 0.3) is 11.8 Å². The molecule has 156 valence electrons. The molecule has 4 rings (SSSR count). The van der Waals surface area contributed by atoms with Crippen molar-refractivity contribution in [2.75, 3.05) is 27.3 Å². The maximum absolute atomic E-state index is 13.0. The van der Waals surface area contributed by atoms with Crippen molar-refractivity contribution in [2.45, 2.75) is 25.3 Å². The first kappa shape index (κ1) is 19.9. The number of carbonyl (C=O) groups excluding carboxylic acids is 3. The highest BCUT2D eigenvalue weighted by Crippen LogP contribution is 2.39. The van der Waals surface area contributed by atoms with Gasteiger partial charge in [-0.15, -0.1) is 0 Å². The van der Waals surface area contributed by atoms with Crippen molar-refractivity contribution in [3.05, 3.63) is 59.2 Å². The van der Waals surface area contributed by atoms with Gasteiger partial charge in [-0.25, -0.2) is 0 Å². The molecule has 0 radical (unpaired) electrons. The van der Waals surface area contributed by atoms with E-state index in [1.165, 1.54) is 4.90 Å². The first-order valence-corrected chi connectivity index (χ1v) is 10.0. The van der Waals surface area contributed by atoms with Crippen LogP contribution in [0.3, 0.4) is 0 Å². The molecule has 0 aliphatic carbocycles. The van der Waals surface area contributed by atoms with Gasteiger partial charge in [0.15, 0.2) is 0 Å². The van der Waals surface area contributed by atoms with E-state index >= 15 is 0 Å². The predicted molar refractivity (Wildman–Crippen MR) is 110 cm³/mol. The summed E-state index contributed by atoms with van der Waals surface area (Å²) in [6.07, 6.45) is 1.82. The minimum atomic E-state index is -0.335. The number of hydrogen-bond acceptors (Lipinski definition) is 5. The Labute approximate surface area is 175 Å². The lowest BCUT2D eigenvalue weighted by molar-refractivity contribution is -0.132. The fraction of sp³-hybridized carbons (Fsp3) is 0.348. The van der Waals surface area contributed by atoms with Crippen molar-refractivity contribution >= 4 is 17.7 Å². The second kappa shape index (κ2) is 8.18. The highest BCUT2D eigenvalue weighted by atomic mass is 16.5. The monoisotopic (exact) mass is 408 g/mol. The van der Waals surface area contributed by atoms with E-state index in [2.05, 4.69) is 0 Å². The zero-order valence-electron chi connectivity index (χ0n) is 17.1. The van der Waals surface area contributed by atoms with Crippen molar-refractivity contribution in [1.82, 2.24) is 9.80 Å². The zero-order valence-corrected chi connectivity index (χ0v) is 17.1. The molecule has 1 fully saturated rings. The number of likely N-dealkylation sites (tertiary alicyclic amines) is 1. The van der Waals surface area contributed by atoms with E-state index in [9.17, 15) is 14.4 Å². The van der Waals surface area contributed by atoms with Crippen LogP contribution in [0.2, 0.25) is 0 Å². The third-order valence-electron chi connectivity index (χ3n) is 5.80. The molecular weight excluding hydrogens is 384 g/mol. The van der Waals surface area contributed by atoms with E-state index in [1.54, 1.807) is 38.5 Å². The Morgan fingerprint density at radius 2 is 1.73 bits per heavy atom. The lowest BCUT2D eigenvalue weighted by Gasteiger charge is -2.27. The normalized spacial score (nSPS) is 18.0. The Bertz CT molecular complexity index is 968. The SMILES string of the molecule is COc1ccc([C@H]2CCCN2C(=O)CCN2C(=O)c3ccccc3C2=O)c(OC)c1. The van der Waals surface area contributed by atoms with Crippen LogP contribution in [0.4, 0.5) is 0 Å². The quantitative estimate of drug-likeness (QED) is 0.687. The Kier molecular flexibility index (Phi) is 5.44. The number of hydrogen-bond donors (Lipinski definition) is 0.